The van der Waals surface area contributed by atoms with Gasteiger partial charge in [0, 0.05) is 13.0 Å². The van der Waals surface area contributed by atoms with Crippen molar-refractivity contribution in [2.45, 2.75) is 19.9 Å². The quantitative estimate of drug-likeness (QED) is 0.846. The minimum atomic E-state index is -0.908. The standard InChI is InChI=1S/C12H14N2O3/c1-6(12(15)16)11(13)8-3-4-10-9(5-8)14-7(2)17-10/h3-6,11H,13H2,1-2H3,(H,15,16). The molecule has 0 aliphatic rings. The van der Waals surface area contributed by atoms with Gasteiger partial charge in [-0.05, 0) is 17.7 Å². The van der Waals surface area contributed by atoms with Gasteiger partial charge in [-0.2, -0.15) is 0 Å². The van der Waals surface area contributed by atoms with Gasteiger partial charge in [0.05, 0.1) is 5.92 Å². The van der Waals surface area contributed by atoms with Crippen molar-refractivity contribution in [1.29, 1.82) is 0 Å². The summed E-state index contributed by atoms with van der Waals surface area (Å²) in [6.07, 6.45) is 0. The molecule has 5 nitrogen and oxygen atoms in total. The molecule has 2 atom stereocenters. The number of nitrogens with two attached hydrogens (primary N) is 1. The van der Waals surface area contributed by atoms with Gasteiger partial charge in [0.25, 0.3) is 0 Å². The van der Waals surface area contributed by atoms with Crippen LogP contribution in [0.3, 0.4) is 0 Å². The van der Waals surface area contributed by atoms with Crippen LogP contribution in [0.5, 0.6) is 0 Å². The summed E-state index contributed by atoms with van der Waals surface area (Å²) < 4.78 is 5.34. The molecule has 2 unspecified atom stereocenters. The fourth-order valence-electron chi connectivity index (χ4n) is 1.71. The third kappa shape index (κ3) is 2.14. The number of aromatic nitrogens is 1. The Bertz CT molecular complexity index is 562. The highest BCUT2D eigenvalue weighted by atomic mass is 16.4. The maximum atomic E-state index is 10.9. The molecule has 2 rings (SSSR count). The van der Waals surface area contributed by atoms with E-state index in [0.29, 0.717) is 17.0 Å². The predicted octanol–water partition coefficient (Wildman–Crippen LogP) is 1.86. The van der Waals surface area contributed by atoms with Gasteiger partial charge in [0.1, 0.15) is 5.52 Å². The molecule has 90 valence electrons. The number of hydrogen-bond donors (Lipinski definition) is 2. The smallest absolute Gasteiger partial charge is 0.308 e. The molecule has 2 aromatic rings. The third-order valence-electron chi connectivity index (χ3n) is 2.83. The number of rotatable bonds is 3. The molecule has 0 saturated heterocycles. The maximum absolute atomic E-state index is 10.9. The van der Waals surface area contributed by atoms with E-state index < -0.39 is 17.9 Å². The molecule has 0 bridgehead atoms. The van der Waals surface area contributed by atoms with E-state index in [1.54, 1.807) is 32.0 Å². The average Bonchev–Trinajstić information content (AvgIpc) is 2.65. The fourth-order valence-corrected chi connectivity index (χ4v) is 1.71. The number of nitrogens with zero attached hydrogens (tertiary/aromatic N) is 1. The van der Waals surface area contributed by atoms with Crippen LogP contribution in [-0.4, -0.2) is 16.1 Å². The Kier molecular flexibility index (Phi) is 2.85. The summed E-state index contributed by atoms with van der Waals surface area (Å²) in [4.78, 5) is 15.1. The lowest BCUT2D eigenvalue weighted by Crippen LogP contribution is -2.25. The Morgan fingerprint density at radius 2 is 2.24 bits per heavy atom. The highest BCUT2D eigenvalue weighted by Gasteiger charge is 2.22. The van der Waals surface area contributed by atoms with Crippen LogP contribution in [0.1, 0.15) is 24.4 Å². The Morgan fingerprint density at radius 3 is 2.88 bits per heavy atom. The topological polar surface area (TPSA) is 89.3 Å². The van der Waals surface area contributed by atoms with Gasteiger partial charge < -0.3 is 15.3 Å². The first-order valence-corrected chi connectivity index (χ1v) is 5.34. The minimum absolute atomic E-state index is 0.547. The third-order valence-corrected chi connectivity index (χ3v) is 2.83. The van der Waals surface area contributed by atoms with Crippen LogP contribution in [0.4, 0.5) is 0 Å². The Hall–Kier alpha value is -1.88. The molecule has 0 radical (unpaired) electrons. The molecule has 17 heavy (non-hydrogen) atoms. The van der Waals surface area contributed by atoms with Gasteiger partial charge in [0.2, 0.25) is 0 Å². The lowest BCUT2D eigenvalue weighted by molar-refractivity contribution is -0.141. The summed E-state index contributed by atoms with van der Waals surface area (Å²) in [5.41, 5.74) is 8.03. The number of aryl methyl sites for hydroxylation is 1. The molecule has 1 aromatic heterocycles. The maximum Gasteiger partial charge on any atom is 0.308 e. The van der Waals surface area contributed by atoms with E-state index in [0.717, 1.165) is 5.56 Å². The van der Waals surface area contributed by atoms with Gasteiger partial charge >= 0.3 is 5.97 Å². The zero-order valence-electron chi connectivity index (χ0n) is 9.68. The van der Waals surface area contributed by atoms with Crippen LogP contribution in [-0.2, 0) is 4.79 Å². The molecule has 0 amide bonds. The van der Waals surface area contributed by atoms with Crippen molar-refractivity contribution in [3.63, 3.8) is 0 Å². The molecule has 0 fully saturated rings. The van der Waals surface area contributed by atoms with Crippen molar-refractivity contribution in [2.75, 3.05) is 0 Å². The number of oxazole rings is 1. The SMILES string of the molecule is Cc1nc2cc(C(N)C(C)C(=O)O)ccc2o1. The largest absolute Gasteiger partial charge is 0.481 e. The zero-order chi connectivity index (χ0) is 12.6. The number of hydrogen-bond acceptors (Lipinski definition) is 4. The summed E-state index contributed by atoms with van der Waals surface area (Å²) in [6, 6.07) is 4.76. The lowest BCUT2D eigenvalue weighted by Gasteiger charge is -2.15. The first kappa shape index (κ1) is 11.6. The van der Waals surface area contributed by atoms with Gasteiger partial charge in [-0.3, -0.25) is 4.79 Å². The highest BCUT2D eigenvalue weighted by Crippen LogP contribution is 2.24. The van der Waals surface area contributed by atoms with E-state index in [-0.39, 0.29) is 0 Å². The van der Waals surface area contributed by atoms with Crippen LogP contribution in [0.15, 0.2) is 22.6 Å². The van der Waals surface area contributed by atoms with Crippen LogP contribution in [0.2, 0.25) is 0 Å². The molecule has 0 aliphatic carbocycles. The number of carboxylic acids is 1. The number of carboxylic acid groups (broad SMARTS) is 1. The number of carbonyl (C=O) groups is 1. The van der Waals surface area contributed by atoms with Crippen molar-refractivity contribution in [3.8, 4) is 0 Å². The van der Waals surface area contributed by atoms with Crippen LogP contribution < -0.4 is 5.73 Å². The lowest BCUT2D eigenvalue weighted by atomic mass is 9.95. The predicted molar refractivity (Wildman–Crippen MR) is 62.5 cm³/mol. The van der Waals surface area contributed by atoms with Crippen molar-refractivity contribution in [1.82, 2.24) is 4.98 Å². The molecule has 0 saturated carbocycles. The normalized spacial score (nSPS) is 14.8. The van der Waals surface area contributed by atoms with Crippen LogP contribution in [0.25, 0.3) is 11.1 Å². The van der Waals surface area contributed by atoms with E-state index in [1.807, 2.05) is 0 Å². The molecule has 0 spiro atoms. The Balaban J connectivity index is 2.38. The fraction of sp³-hybridized carbons (Fsp3) is 0.333. The molecule has 1 aromatic carbocycles. The highest BCUT2D eigenvalue weighted by molar-refractivity contribution is 5.75. The molecule has 1 heterocycles. The number of benzene rings is 1. The first-order valence-electron chi connectivity index (χ1n) is 5.34. The van der Waals surface area contributed by atoms with E-state index in [9.17, 15) is 4.79 Å². The van der Waals surface area contributed by atoms with Gasteiger partial charge in [-0.15, -0.1) is 0 Å². The Labute approximate surface area is 98.2 Å². The van der Waals surface area contributed by atoms with Gasteiger partial charge in [0.15, 0.2) is 11.5 Å². The zero-order valence-corrected chi connectivity index (χ0v) is 9.68. The van der Waals surface area contributed by atoms with Crippen molar-refractivity contribution in [3.05, 3.63) is 29.7 Å². The minimum Gasteiger partial charge on any atom is -0.481 e. The number of aliphatic carboxylic acids is 1. The molecule has 5 heteroatoms. The van der Waals surface area contributed by atoms with E-state index in [4.69, 9.17) is 15.3 Å². The second kappa shape index (κ2) is 4.18. The second-order valence-electron chi connectivity index (χ2n) is 4.11. The van der Waals surface area contributed by atoms with Crippen molar-refractivity contribution < 1.29 is 14.3 Å². The molecule has 3 N–H and O–H groups in total. The second-order valence-corrected chi connectivity index (χ2v) is 4.11. The number of fused-ring (bicyclic) bond motifs is 1. The van der Waals surface area contributed by atoms with E-state index in [1.165, 1.54) is 0 Å². The van der Waals surface area contributed by atoms with Crippen molar-refractivity contribution in [2.24, 2.45) is 11.7 Å². The summed E-state index contributed by atoms with van der Waals surface area (Å²) in [5.74, 6) is -0.966. The monoisotopic (exact) mass is 234 g/mol. The summed E-state index contributed by atoms with van der Waals surface area (Å²) >= 11 is 0. The van der Waals surface area contributed by atoms with Crippen molar-refractivity contribution >= 4 is 17.1 Å². The summed E-state index contributed by atoms with van der Waals surface area (Å²) in [7, 11) is 0. The van der Waals surface area contributed by atoms with Crippen LogP contribution in [0, 0.1) is 12.8 Å². The van der Waals surface area contributed by atoms with Crippen LogP contribution >= 0.6 is 0 Å². The molecule has 0 aliphatic heterocycles. The average molecular weight is 234 g/mol. The van der Waals surface area contributed by atoms with E-state index >= 15 is 0 Å². The van der Waals surface area contributed by atoms with Gasteiger partial charge in [-0.25, -0.2) is 4.98 Å². The molecular weight excluding hydrogens is 220 g/mol. The molecular formula is C12H14N2O3. The van der Waals surface area contributed by atoms with Gasteiger partial charge in [-0.1, -0.05) is 13.0 Å². The summed E-state index contributed by atoms with van der Waals surface area (Å²) in [6.45, 7) is 3.35. The van der Waals surface area contributed by atoms with E-state index in [2.05, 4.69) is 4.98 Å². The first-order chi connectivity index (χ1) is 7.99. The summed E-state index contributed by atoms with van der Waals surface area (Å²) in [5, 5.41) is 8.92. The Morgan fingerprint density at radius 1 is 1.53 bits per heavy atom.